The molecule has 0 saturated carbocycles. The number of benzene rings is 1. The maximum Gasteiger partial charge on any atom is 0.185 e. The van der Waals surface area contributed by atoms with E-state index in [0.717, 1.165) is 0 Å². The zero-order chi connectivity index (χ0) is 11.5. The van der Waals surface area contributed by atoms with E-state index in [2.05, 4.69) is 5.10 Å². The van der Waals surface area contributed by atoms with E-state index in [4.69, 9.17) is 23.4 Å². The molecule has 0 spiro atoms. The van der Waals surface area contributed by atoms with Crippen LogP contribution in [0.4, 0.5) is 0 Å². The van der Waals surface area contributed by atoms with E-state index in [1.54, 1.807) is 29.3 Å². The molecule has 6 heteroatoms. The third-order valence-corrected chi connectivity index (χ3v) is 2.66. The first kappa shape index (κ1) is 11.2. The minimum Gasteiger partial charge on any atom is -0.292 e. The third-order valence-electron chi connectivity index (χ3n) is 2.14. The summed E-state index contributed by atoms with van der Waals surface area (Å²) in [5.74, 6) is -0.0743. The van der Waals surface area contributed by atoms with Crippen molar-refractivity contribution in [1.82, 2.24) is 9.43 Å². The summed E-state index contributed by atoms with van der Waals surface area (Å²) in [6.07, 6.45) is 1.46. The quantitative estimate of drug-likeness (QED) is 0.616. The van der Waals surface area contributed by atoms with Crippen LogP contribution in [0, 0.1) is 0 Å². The number of ketones is 1. The van der Waals surface area contributed by atoms with Crippen LogP contribution in [0.3, 0.4) is 0 Å². The van der Waals surface area contributed by atoms with E-state index in [1.807, 2.05) is 0 Å². The summed E-state index contributed by atoms with van der Waals surface area (Å²) in [7, 11) is 0. The number of nitrogens with zero attached hydrogens (tertiary/aromatic N) is 3. The number of hydrazone groups is 1. The number of hydrogen-bond donors (Lipinski definition) is 0. The van der Waals surface area contributed by atoms with Crippen molar-refractivity contribution in [3.05, 3.63) is 34.9 Å². The number of halogens is 2. The fourth-order valence-corrected chi connectivity index (χ4v) is 1.79. The molecule has 0 N–H and O–H groups in total. The second-order valence-electron chi connectivity index (χ2n) is 3.34. The Labute approximate surface area is 103 Å². The first-order valence-electron chi connectivity index (χ1n) is 4.66. The number of hydrogen-bond acceptors (Lipinski definition) is 4. The molecule has 1 aromatic rings. The molecular weight excluding hydrogens is 249 g/mol. The maximum absolute atomic E-state index is 11.9. The molecule has 4 nitrogen and oxygen atoms in total. The average Bonchev–Trinajstić information content (AvgIpc) is 2.64. The Morgan fingerprint density at radius 2 is 2.19 bits per heavy atom. The van der Waals surface area contributed by atoms with E-state index in [0.29, 0.717) is 17.3 Å². The number of Topliss-reactive ketones (excluding diaryl/α,β-unsaturated/α-hetero) is 1. The normalized spacial score (nSPS) is 14.6. The van der Waals surface area contributed by atoms with Crippen molar-refractivity contribution < 1.29 is 4.79 Å². The van der Waals surface area contributed by atoms with E-state index in [1.165, 1.54) is 10.8 Å². The summed E-state index contributed by atoms with van der Waals surface area (Å²) in [6, 6.07) is 6.95. The number of carbonyl (C=O) groups excluding carboxylic acids is 1. The highest BCUT2D eigenvalue weighted by molar-refractivity contribution is 6.34. The molecule has 1 aliphatic heterocycles. The predicted molar refractivity (Wildman–Crippen MR) is 63.5 cm³/mol. The van der Waals surface area contributed by atoms with Crippen LogP contribution < -0.4 is 0 Å². The van der Waals surface area contributed by atoms with Gasteiger partial charge in [0.1, 0.15) is 19.6 Å². The third kappa shape index (κ3) is 2.46. The van der Waals surface area contributed by atoms with E-state index in [-0.39, 0.29) is 12.3 Å². The van der Waals surface area contributed by atoms with Gasteiger partial charge in [-0.1, -0.05) is 23.7 Å². The summed E-state index contributed by atoms with van der Waals surface area (Å²) in [5, 5.41) is 5.98. The van der Waals surface area contributed by atoms with Crippen molar-refractivity contribution in [3.8, 4) is 0 Å². The molecule has 0 unspecified atom stereocenters. The molecule has 0 aromatic heterocycles. The molecular formula is C10H9Cl2N3O. The van der Waals surface area contributed by atoms with Gasteiger partial charge >= 0.3 is 0 Å². The zero-order valence-corrected chi connectivity index (χ0v) is 9.82. The van der Waals surface area contributed by atoms with Gasteiger partial charge in [0.25, 0.3) is 0 Å². The molecule has 16 heavy (non-hydrogen) atoms. The van der Waals surface area contributed by atoms with Crippen molar-refractivity contribution in [1.29, 1.82) is 0 Å². The monoisotopic (exact) mass is 257 g/mol. The van der Waals surface area contributed by atoms with Crippen LogP contribution in [-0.4, -0.2) is 34.8 Å². The van der Waals surface area contributed by atoms with Crippen LogP contribution in [-0.2, 0) is 0 Å². The van der Waals surface area contributed by atoms with Crippen LogP contribution >= 0.6 is 23.4 Å². The lowest BCUT2D eigenvalue weighted by Gasteiger charge is -2.13. The fraction of sp³-hybridized carbons (Fsp3) is 0.200. The zero-order valence-electron chi connectivity index (χ0n) is 8.31. The molecule has 2 rings (SSSR count). The molecule has 0 aliphatic carbocycles. The SMILES string of the molecule is O=C(CN1CN(Cl)C=N1)c1ccccc1Cl. The molecule has 1 aliphatic rings. The average molecular weight is 258 g/mol. The lowest BCUT2D eigenvalue weighted by molar-refractivity contribution is 0.0931. The van der Waals surface area contributed by atoms with Crippen molar-refractivity contribution in [2.45, 2.75) is 0 Å². The smallest absolute Gasteiger partial charge is 0.185 e. The van der Waals surface area contributed by atoms with Gasteiger partial charge < -0.3 is 0 Å². The topological polar surface area (TPSA) is 35.9 Å². The van der Waals surface area contributed by atoms with Gasteiger partial charge in [-0.3, -0.25) is 14.2 Å². The van der Waals surface area contributed by atoms with Crippen molar-refractivity contribution >= 4 is 35.5 Å². The molecule has 0 amide bonds. The maximum atomic E-state index is 11.9. The van der Waals surface area contributed by atoms with Crippen LogP contribution in [0.25, 0.3) is 0 Å². The Balaban J connectivity index is 2.04. The van der Waals surface area contributed by atoms with E-state index in [9.17, 15) is 4.79 Å². The van der Waals surface area contributed by atoms with Crippen LogP contribution in [0.1, 0.15) is 10.4 Å². The Bertz CT molecular complexity index is 436. The fourth-order valence-electron chi connectivity index (χ4n) is 1.39. The Morgan fingerprint density at radius 1 is 1.44 bits per heavy atom. The van der Waals surface area contributed by atoms with Crippen LogP contribution in [0.5, 0.6) is 0 Å². The minimum atomic E-state index is -0.0743. The largest absolute Gasteiger partial charge is 0.292 e. The molecule has 1 aromatic carbocycles. The molecule has 0 fully saturated rings. The highest BCUT2D eigenvalue weighted by Crippen LogP contribution is 2.16. The first-order chi connectivity index (χ1) is 7.66. The van der Waals surface area contributed by atoms with Gasteiger partial charge in [-0.25, -0.2) is 0 Å². The lowest BCUT2D eigenvalue weighted by atomic mass is 10.1. The Morgan fingerprint density at radius 3 is 2.81 bits per heavy atom. The Hall–Kier alpha value is -1.26. The lowest BCUT2D eigenvalue weighted by Crippen LogP contribution is -2.26. The number of carbonyl (C=O) groups is 1. The van der Waals surface area contributed by atoms with Gasteiger partial charge in [0, 0.05) is 17.3 Å². The van der Waals surface area contributed by atoms with Gasteiger partial charge in [0.2, 0.25) is 0 Å². The Kier molecular flexibility index (Phi) is 3.31. The summed E-state index contributed by atoms with van der Waals surface area (Å²) >= 11 is 11.6. The second kappa shape index (κ2) is 4.72. The van der Waals surface area contributed by atoms with E-state index >= 15 is 0 Å². The standard InChI is InChI=1S/C10H9Cl2N3O/c11-9-4-2-1-3-8(9)10(16)5-15-7-14(12)6-13-15/h1-4,6H,5,7H2. The summed E-state index contributed by atoms with van der Waals surface area (Å²) in [5.41, 5.74) is 0.507. The van der Waals surface area contributed by atoms with Gasteiger partial charge in [-0.15, -0.1) is 0 Å². The number of rotatable bonds is 3. The molecule has 1 heterocycles. The van der Waals surface area contributed by atoms with Gasteiger partial charge in [0.05, 0.1) is 5.02 Å². The van der Waals surface area contributed by atoms with E-state index < -0.39 is 0 Å². The molecule has 0 atom stereocenters. The molecule has 84 valence electrons. The molecule has 0 saturated heterocycles. The molecule has 0 radical (unpaired) electrons. The summed E-state index contributed by atoms with van der Waals surface area (Å²) < 4.78 is 1.37. The van der Waals surface area contributed by atoms with Crippen LogP contribution in [0.2, 0.25) is 5.02 Å². The highest BCUT2D eigenvalue weighted by Gasteiger charge is 2.17. The van der Waals surface area contributed by atoms with Crippen molar-refractivity contribution in [3.63, 3.8) is 0 Å². The minimum absolute atomic E-state index is 0.0743. The highest BCUT2D eigenvalue weighted by atomic mass is 35.5. The van der Waals surface area contributed by atoms with Crippen LogP contribution in [0.15, 0.2) is 29.4 Å². The molecule has 0 bridgehead atoms. The first-order valence-corrected chi connectivity index (χ1v) is 5.37. The summed E-state index contributed by atoms with van der Waals surface area (Å²) in [6.45, 7) is 0.571. The van der Waals surface area contributed by atoms with Crippen molar-refractivity contribution in [2.24, 2.45) is 5.10 Å². The van der Waals surface area contributed by atoms with Crippen molar-refractivity contribution in [2.75, 3.05) is 13.2 Å². The summed E-state index contributed by atoms with van der Waals surface area (Å²) in [4.78, 5) is 11.9. The predicted octanol–water partition coefficient (Wildman–Crippen LogP) is 2.19. The second-order valence-corrected chi connectivity index (χ2v) is 4.18. The van der Waals surface area contributed by atoms with Gasteiger partial charge in [-0.2, -0.15) is 5.10 Å². The van der Waals surface area contributed by atoms with Gasteiger partial charge in [-0.05, 0) is 12.1 Å². The van der Waals surface area contributed by atoms with Gasteiger partial charge in [0.15, 0.2) is 5.78 Å².